The molecule has 0 N–H and O–H groups in total. The van der Waals surface area contributed by atoms with Gasteiger partial charge in [0.1, 0.15) is 12.4 Å². The number of halogens is 1. The lowest BCUT2D eigenvalue weighted by Crippen LogP contribution is -2.16. The van der Waals surface area contributed by atoms with Crippen LogP contribution in [-0.4, -0.2) is 35.4 Å². The van der Waals surface area contributed by atoms with Gasteiger partial charge in [-0.1, -0.05) is 17.7 Å². The summed E-state index contributed by atoms with van der Waals surface area (Å²) in [5, 5.41) is 1.59. The highest BCUT2D eigenvalue weighted by molar-refractivity contribution is 7.85. The third kappa shape index (κ3) is 5.85. The van der Waals surface area contributed by atoms with Gasteiger partial charge >= 0.3 is 0 Å². The number of benzene rings is 1. The van der Waals surface area contributed by atoms with Crippen LogP contribution in [-0.2, 0) is 34.4 Å². The Balaban J connectivity index is 1.48. The van der Waals surface area contributed by atoms with Gasteiger partial charge in [-0.2, -0.15) is 8.42 Å². The molecule has 34 heavy (non-hydrogen) atoms. The Labute approximate surface area is 202 Å². The number of nitrogens with zero attached hydrogens (tertiary/aromatic N) is 3. The lowest BCUT2D eigenvalue weighted by Gasteiger charge is -2.10. The topological polar surface area (TPSA) is 92.4 Å². The van der Waals surface area contributed by atoms with Crippen molar-refractivity contribution >= 4 is 32.6 Å². The fourth-order valence-electron chi connectivity index (χ4n) is 3.64. The Bertz CT molecular complexity index is 1480. The summed E-state index contributed by atoms with van der Waals surface area (Å²) in [5.74, 6) is 0.455. The lowest BCUT2D eigenvalue weighted by molar-refractivity contribution is 0.300. The van der Waals surface area contributed by atoms with Crippen LogP contribution in [0, 0.1) is 0 Å². The summed E-state index contributed by atoms with van der Waals surface area (Å²) >= 11 is 5.84. The third-order valence-electron chi connectivity index (χ3n) is 5.35. The Morgan fingerprint density at radius 3 is 2.62 bits per heavy atom. The summed E-state index contributed by atoms with van der Waals surface area (Å²) < 4.78 is 36.3. The number of hydrogen-bond donors (Lipinski definition) is 0. The monoisotopic (exact) mass is 501 g/mol. The molecule has 4 rings (SSSR count). The van der Waals surface area contributed by atoms with Crippen LogP contribution in [0.4, 0.5) is 0 Å². The molecule has 8 nitrogen and oxygen atoms in total. The van der Waals surface area contributed by atoms with Crippen LogP contribution in [0.25, 0.3) is 16.6 Å². The van der Waals surface area contributed by atoms with Crippen LogP contribution < -0.4 is 10.3 Å². The van der Waals surface area contributed by atoms with Gasteiger partial charge in [0.25, 0.3) is 15.7 Å². The molecule has 0 atom stereocenters. The predicted molar refractivity (Wildman–Crippen MR) is 131 cm³/mol. The van der Waals surface area contributed by atoms with Gasteiger partial charge in [-0.15, -0.1) is 0 Å². The molecule has 0 bridgehead atoms. The molecule has 0 fully saturated rings. The first-order valence-electron chi connectivity index (χ1n) is 10.6. The molecule has 0 saturated heterocycles. The number of ether oxygens (including phenoxy) is 1. The van der Waals surface area contributed by atoms with Crippen molar-refractivity contribution in [3.05, 3.63) is 87.7 Å². The first-order chi connectivity index (χ1) is 16.2. The van der Waals surface area contributed by atoms with Crippen LogP contribution in [0.15, 0.2) is 65.7 Å². The molecule has 10 heteroatoms. The van der Waals surface area contributed by atoms with Gasteiger partial charge in [0, 0.05) is 31.2 Å². The SMILES string of the molecule is Cn1c(CCCOS(C)(=O)=O)cc2ccc(-n3ccc(OCc4ccc(Cl)cn4)cc3=O)cc21. The Morgan fingerprint density at radius 2 is 1.91 bits per heavy atom. The molecule has 0 saturated carbocycles. The molecule has 178 valence electrons. The van der Waals surface area contributed by atoms with E-state index in [0.717, 1.165) is 28.5 Å². The Hall–Kier alpha value is -3.14. The van der Waals surface area contributed by atoms with Gasteiger partial charge in [-0.3, -0.25) is 18.5 Å². The maximum absolute atomic E-state index is 12.8. The number of pyridine rings is 2. The van der Waals surface area contributed by atoms with E-state index in [1.807, 2.05) is 29.8 Å². The molecule has 1 aromatic carbocycles. The van der Waals surface area contributed by atoms with Gasteiger partial charge < -0.3 is 9.30 Å². The van der Waals surface area contributed by atoms with Crippen LogP contribution in [0.2, 0.25) is 5.02 Å². The van der Waals surface area contributed by atoms with Gasteiger partial charge in [0.05, 0.1) is 34.8 Å². The van der Waals surface area contributed by atoms with Crippen LogP contribution in [0.3, 0.4) is 0 Å². The van der Waals surface area contributed by atoms with E-state index < -0.39 is 10.1 Å². The largest absolute Gasteiger partial charge is 0.487 e. The van der Waals surface area contributed by atoms with E-state index in [4.69, 9.17) is 20.5 Å². The van der Waals surface area contributed by atoms with E-state index in [1.165, 1.54) is 6.07 Å². The van der Waals surface area contributed by atoms with Crippen molar-refractivity contribution in [2.75, 3.05) is 12.9 Å². The van der Waals surface area contributed by atoms with Crippen molar-refractivity contribution in [2.45, 2.75) is 19.4 Å². The maximum Gasteiger partial charge on any atom is 0.264 e. The minimum absolute atomic E-state index is 0.142. The van der Waals surface area contributed by atoms with Crippen LogP contribution in [0.5, 0.6) is 5.75 Å². The number of hydrogen-bond acceptors (Lipinski definition) is 6. The third-order valence-corrected chi connectivity index (χ3v) is 6.17. The number of rotatable bonds is 9. The zero-order chi connectivity index (χ0) is 24.3. The van der Waals surface area contributed by atoms with Gasteiger partial charge in [0.2, 0.25) is 0 Å². The van der Waals surface area contributed by atoms with E-state index in [-0.39, 0.29) is 18.8 Å². The minimum atomic E-state index is -3.43. The standard InChI is InChI=1S/C24H24ClN3O5S/c1-27-20(4-3-11-33-34(2,30)31)12-17-5-8-21(13-23(17)27)28-10-9-22(14-24(28)29)32-16-19-7-6-18(25)15-26-19/h5-10,12-15H,3-4,11,16H2,1-2H3. The molecule has 3 heterocycles. The minimum Gasteiger partial charge on any atom is -0.487 e. The van der Waals surface area contributed by atoms with Gasteiger partial charge in [-0.25, -0.2) is 0 Å². The Morgan fingerprint density at radius 1 is 1.09 bits per heavy atom. The van der Waals surface area contributed by atoms with E-state index in [1.54, 1.807) is 35.2 Å². The van der Waals surface area contributed by atoms with Crippen molar-refractivity contribution in [1.82, 2.24) is 14.1 Å². The van der Waals surface area contributed by atoms with Crippen molar-refractivity contribution < 1.29 is 17.3 Å². The zero-order valence-electron chi connectivity index (χ0n) is 18.8. The molecular formula is C24H24ClN3O5S. The molecule has 3 aromatic heterocycles. The smallest absolute Gasteiger partial charge is 0.264 e. The van der Waals surface area contributed by atoms with Crippen molar-refractivity contribution in [3.8, 4) is 11.4 Å². The summed E-state index contributed by atoms with van der Waals surface area (Å²) in [5.41, 5.74) is 3.25. The quantitative estimate of drug-likeness (QED) is 0.255. The highest BCUT2D eigenvalue weighted by Gasteiger charge is 2.10. The van der Waals surface area contributed by atoms with E-state index in [9.17, 15) is 13.2 Å². The number of aromatic nitrogens is 3. The normalized spacial score (nSPS) is 11.7. The first-order valence-corrected chi connectivity index (χ1v) is 12.8. The predicted octanol–water partition coefficient (Wildman–Crippen LogP) is 3.87. The number of fused-ring (bicyclic) bond motifs is 1. The molecule has 0 aliphatic rings. The molecule has 4 aromatic rings. The second-order valence-corrected chi connectivity index (χ2v) is 9.97. The highest BCUT2D eigenvalue weighted by atomic mass is 35.5. The van der Waals surface area contributed by atoms with E-state index in [0.29, 0.717) is 29.3 Å². The van der Waals surface area contributed by atoms with Crippen molar-refractivity contribution in [3.63, 3.8) is 0 Å². The molecule has 0 amide bonds. The average Bonchev–Trinajstić information content (AvgIpc) is 3.11. The molecule has 0 spiro atoms. The summed E-state index contributed by atoms with van der Waals surface area (Å²) in [4.78, 5) is 16.9. The second-order valence-electron chi connectivity index (χ2n) is 7.89. The molecule has 0 unspecified atom stereocenters. The van der Waals surface area contributed by atoms with E-state index >= 15 is 0 Å². The van der Waals surface area contributed by atoms with Gasteiger partial charge in [0.15, 0.2) is 0 Å². The fourth-order valence-corrected chi connectivity index (χ4v) is 4.17. The fraction of sp³-hybridized carbons (Fsp3) is 0.250. The summed E-state index contributed by atoms with van der Waals surface area (Å²) in [7, 11) is -1.48. The lowest BCUT2D eigenvalue weighted by atomic mass is 10.2. The molecular weight excluding hydrogens is 478 g/mol. The number of aryl methyl sites for hydroxylation is 2. The summed E-state index contributed by atoms with van der Waals surface area (Å²) in [6.07, 6.45) is 5.52. The van der Waals surface area contributed by atoms with Gasteiger partial charge in [-0.05, 0) is 54.6 Å². The first kappa shape index (κ1) is 24.0. The van der Waals surface area contributed by atoms with Crippen molar-refractivity contribution in [1.29, 1.82) is 0 Å². The van der Waals surface area contributed by atoms with Crippen LogP contribution >= 0.6 is 11.6 Å². The van der Waals surface area contributed by atoms with Crippen molar-refractivity contribution in [2.24, 2.45) is 7.05 Å². The maximum atomic E-state index is 12.8. The summed E-state index contributed by atoms with van der Waals surface area (Å²) in [6.45, 7) is 0.372. The molecule has 0 aliphatic heterocycles. The highest BCUT2D eigenvalue weighted by Crippen LogP contribution is 2.23. The summed E-state index contributed by atoms with van der Waals surface area (Å²) in [6, 6.07) is 14.5. The zero-order valence-corrected chi connectivity index (χ0v) is 20.3. The molecule has 0 radical (unpaired) electrons. The Kier molecular flexibility index (Phi) is 7.06. The van der Waals surface area contributed by atoms with E-state index in [2.05, 4.69) is 11.1 Å². The average molecular weight is 502 g/mol. The molecule has 0 aliphatic carbocycles. The van der Waals surface area contributed by atoms with Crippen LogP contribution in [0.1, 0.15) is 17.8 Å². The second kappa shape index (κ2) is 10.0.